The van der Waals surface area contributed by atoms with E-state index in [0.29, 0.717) is 22.9 Å². The van der Waals surface area contributed by atoms with Crippen molar-refractivity contribution in [2.75, 3.05) is 27.2 Å². The molecule has 0 spiro atoms. The molecule has 0 radical (unpaired) electrons. The molecule has 26 heavy (non-hydrogen) atoms. The molecule has 0 N–H and O–H groups in total. The molecule has 1 heterocycles. The number of halogens is 2. The Labute approximate surface area is 166 Å². The molecule has 0 aliphatic carbocycles. The first-order valence-electron chi connectivity index (χ1n) is 8.27. The third-order valence-corrected chi connectivity index (χ3v) is 4.99. The first kappa shape index (κ1) is 19.0. The number of fused-ring (bicyclic) bond motifs is 1. The van der Waals surface area contributed by atoms with E-state index in [4.69, 9.17) is 16.3 Å². The zero-order valence-corrected chi connectivity index (χ0v) is 17.3. The number of hydrogen-bond donors (Lipinski definition) is 0. The summed E-state index contributed by atoms with van der Waals surface area (Å²) in [7, 11) is 3.98. The SMILES string of the molecule is Cc1c(OCCN(C)C)c2cc(Cl)cc(Br)c2n1C(=O)c1ccccc1. The molecule has 136 valence electrons. The quantitative estimate of drug-likeness (QED) is 0.566. The van der Waals surface area contributed by atoms with Gasteiger partial charge in [0.1, 0.15) is 12.4 Å². The Bertz CT molecular complexity index is 952. The Hall–Kier alpha value is -1.82. The van der Waals surface area contributed by atoms with Gasteiger partial charge < -0.3 is 9.64 Å². The highest BCUT2D eigenvalue weighted by Crippen LogP contribution is 2.39. The molecule has 0 amide bonds. The number of ether oxygens (including phenoxy) is 1. The fourth-order valence-electron chi connectivity index (χ4n) is 2.91. The lowest BCUT2D eigenvalue weighted by Gasteiger charge is -2.11. The summed E-state index contributed by atoms with van der Waals surface area (Å²) in [4.78, 5) is 15.2. The summed E-state index contributed by atoms with van der Waals surface area (Å²) in [6.45, 7) is 3.20. The molecule has 0 aliphatic rings. The minimum absolute atomic E-state index is 0.0985. The lowest BCUT2D eigenvalue weighted by Crippen LogP contribution is -2.19. The molecule has 0 aliphatic heterocycles. The molecular formula is C20H20BrClN2O2. The predicted molar refractivity (Wildman–Crippen MR) is 110 cm³/mol. The monoisotopic (exact) mass is 434 g/mol. The summed E-state index contributed by atoms with van der Waals surface area (Å²) < 4.78 is 8.49. The van der Waals surface area contributed by atoms with Crippen molar-refractivity contribution in [2.45, 2.75) is 6.92 Å². The second-order valence-corrected chi connectivity index (χ2v) is 7.65. The smallest absolute Gasteiger partial charge is 0.262 e. The number of likely N-dealkylation sites (N-methyl/N-ethyl adjacent to an activating group) is 1. The maximum Gasteiger partial charge on any atom is 0.262 e. The predicted octanol–water partition coefficient (Wildman–Crippen LogP) is 4.99. The molecule has 3 aromatic rings. The normalized spacial score (nSPS) is 11.3. The van der Waals surface area contributed by atoms with E-state index < -0.39 is 0 Å². The minimum atomic E-state index is -0.0985. The van der Waals surface area contributed by atoms with Crippen LogP contribution in [0.2, 0.25) is 5.02 Å². The van der Waals surface area contributed by atoms with Crippen LogP contribution in [0.5, 0.6) is 5.75 Å². The van der Waals surface area contributed by atoms with Crippen molar-refractivity contribution in [3.05, 3.63) is 63.2 Å². The van der Waals surface area contributed by atoms with Gasteiger partial charge in [0.15, 0.2) is 0 Å². The first-order valence-corrected chi connectivity index (χ1v) is 9.44. The van der Waals surface area contributed by atoms with Crippen LogP contribution in [0.1, 0.15) is 16.1 Å². The molecule has 3 rings (SSSR count). The van der Waals surface area contributed by atoms with Gasteiger partial charge in [0.05, 0.1) is 11.2 Å². The molecular weight excluding hydrogens is 416 g/mol. The number of carbonyl (C=O) groups excluding carboxylic acids is 1. The van der Waals surface area contributed by atoms with Crippen LogP contribution in [0.3, 0.4) is 0 Å². The number of rotatable bonds is 5. The van der Waals surface area contributed by atoms with E-state index in [2.05, 4.69) is 15.9 Å². The van der Waals surface area contributed by atoms with Gasteiger partial charge in [0.25, 0.3) is 5.91 Å². The lowest BCUT2D eigenvalue weighted by atomic mass is 10.2. The van der Waals surface area contributed by atoms with Crippen LogP contribution in [0.25, 0.3) is 10.9 Å². The van der Waals surface area contributed by atoms with Crippen molar-refractivity contribution in [1.82, 2.24) is 9.47 Å². The van der Waals surface area contributed by atoms with Gasteiger partial charge in [-0.25, -0.2) is 0 Å². The number of benzene rings is 2. The van der Waals surface area contributed by atoms with Gasteiger partial charge in [-0.3, -0.25) is 9.36 Å². The molecule has 0 saturated carbocycles. The third kappa shape index (κ3) is 3.65. The summed E-state index contributed by atoms with van der Waals surface area (Å²) in [5, 5.41) is 1.41. The second kappa shape index (κ2) is 7.82. The average molecular weight is 436 g/mol. The molecule has 4 nitrogen and oxygen atoms in total. The van der Waals surface area contributed by atoms with E-state index in [1.165, 1.54) is 0 Å². The highest BCUT2D eigenvalue weighted by Gasteiger charge is 2.23. The van der Waals surface area contributed by atoms with Crippen LogP contribution in [-0.2, 0) is 0 Å². The zero-order valence-electron chi connectivity index (χ0n) is 14.9. The van der Waals surface area contributed by atoms with Gasteiger partial charge in [0.2, 0.25) is 0 Å². The van der Waals surface area contributed by atoms with Crippen molar-refractivity contribution < 1.29 is 9.53 Å². The maximum absolute atomic E-state index is 13.2. The third-order valence-electron chi connectivity index (χ3n) is 4.17. The molecule has 0 saturated heterocycles. The van der Waals surface area contributed by atoms with Crippen molar-refractivity contribution >= 4 is 44.3 Å². The molecule has 0 bridgehead atoms. The molecule has 1 aromatic heterocycles. The van der Waals surface area contributed by atoms with Crippen molar-refractivity contribution in [3.8, 4) is 5.75 Å². The van der Waals surface area contributed by atoms with Crippen LogP contribution < -0.4 is 4.74 Å². The van der Waals surface area contributed by atoms with E-state index in [1.807, 2.05) is 62.3 Å². The molecule has 2 aromatic carbocycles. The first-order chi connectivity index (χ1) is 12.4. The summed E-state index contributed by atoms with van der Waals surface area (Å²) in [6, 6.07) is 12.9. The second-order valence-electron chi connectivity index (χ2n) is 6.36. The lowest BCUT2D eigenvalue weighted by molar-refractivity contribution is 0.0962. The largest absolute Gasteiger partial charge is 0.490 e. The van der Waals surface area contributed by atoms with Gasteiger partial charge in [-0.15, -0.1) is 0 Å². The zero-order chi connectivity index (χ0) is 18.8. The Kier molecular flexibility index (Phi) is 5.70. The Morgan fingerprint density at radius 2 is 1.92 bits per heavy atom. The maximum atomic E-state index is 13.2. The average Bonchev–Trinajstić information content (AvgIpc) is 2.87. The van der Waals surface area contributed by atoms with Crippen LogP contribution in [0, 0.1) is 6.92 Å². The standard InChI is InChI=1S/C20H20BrClN2O2/c1-13-19(26-10-9-23(2)3)16-11-15(22)12-17(21)18(16)24(13)20(25)14-7-5-4-6-8-14/h4-8,11-12H,9-10H2,1-3H3. The van der Waals surface area contributed by atoms with E-state index in [-0.39, 0.29) is 5.91 Å². The topological polar surface area (TPSA) is 34.5 Å². The number of nitrogens with zero attached hydrogens (tertiary/aromatic N) is 2. The fraction of sp³-hybridized carbons (Fsp3) is 0.250. The number of hydrogen-bond acceptors (Lipinski definition) is 3. The van der Waals surface area contributed by atoms with E-state index in [1.54, 1.807) is 10.6 Å². The molecule has 0 unspecified atom stereocenters. The van der Waals surface area contributed by atoms with E-state index in [9.17, 15) is 4.79 Å². The van der Waals surface area contributed by atoms with Crippen LogP contribution in [0.15, 0.2) is 46.9 Å². The highest BCUT2D eigenvalue weighted by molar-refractivity contribution is 9.10. The van der Waals surface area contributed by atoms with Crippen molar-refractivity contribution in [1.29, 1.82) is 0 Å². The summed E-state index contributed by atoms with van der Waals surface area (Å²) >= 11 is 9.81. The van der Waals surface area contributed by atoms with Gasteiger partial charge in [0, 0.05) is 27.0 Å². The molecule has 0 fully saturated rings. The Morgan fingerprint density at radius 1 is 1.23 bits per heavy atom. The summed E-state index contributed by atoms with van der Waals surface area (Å²) in [5.74, 6) is 0.591. The van der Waals surface area contributed by atoms with Gasteiger partial charge in [-0.1, -0.05) is 29.8 Å². The Balaban J connectivity index is 2.16. The number of aromatic nitrogens is 1. The summed E-state index contributed by atoms with van der Waals surface area (Å²) in [5.41, 5.74) is 2.14. The molecule has 0 atom stereocenters. The Morgan fingerprint density at radius 3 is 2.58 bits per heavy atom. The van der Waals surface area contributed by atoms with Crippen LogP contribution in [-0.4, -0.2) is 42.6 Å². The molecule has 6 heteroatoms. The van der Waals surface area contributed by atoms with Crippen LogP contribution in [0.4, 0.5) is 0 Å². The van der Waals surface area contributed by atoms with Crippen molar-refractivity contribution in [3.63, 3.8) is 0 Å². The van der Waals surface area contributed by atoms with Crippen LogP contribution >= 0.6 is 27.5 Å². The number of carbonyl (C=O) groups is 1. The van der Waals surface area contributed by atoms with Crippen molar-refractivity contribution in [2.24, 2.45) is 0 Å². The van der Waals surface area contributed by atoms with E-state index >= 15 is 0 Å². The van der Waals surface area contributed by atoms with E-state index in [0.717, 1.165) is 27.6 Å². The van der Waals surface area contributed by atoms with Gasteiger partial charge >= 0.3 is 0 Å². The van der Waals surface area contributed by atoms with Gasteiger partial charge in [-0.05, 0) is 61.2 Å². The minimum Gasteiger partial charge on any atom is -0.490 e. The highest BCUT2D eigenvalue weighted by atomic mass is 79.9. The fourth-order valence-corrected chi connectivity index (χ4v) is 3.89. The summed E-state index contributed by atoms with van der Waals surface area (Å²) in [6.07, 6.45) is 0. The van der Waals surface area contributed by atoms with Gasteiger partial charge in [-0.2, -0.15) is 0 Å².